The molecule has 1 atom stereocenters. The van der Waals surface area contributed by atoms with Crippen LogP contribution < -0.4 is 10.6 Å². The van der Waals surface area contributed by atoms with Crippen LogP contribution in [0.4, 0.5) is 5.82 Å². The summed E-state index contributed by atoms with van der Waals surface area (Å²) in [5.74, 6) is 1.21. The average molecular weight is 208 g/mol. The zero-order chi connectivity index (χ0) is 10.5. The van der Waals surface area contributed by atoms with E-state index in [0.717, 1.165) is 19.5 Å². The monoisotopic (exact) mass is 208 g/mol. The Bertz CT molecular complexity index is 303. The van der Waals surface area contributed by atoms with E-state index in [4.69, 9.17) is 0 Å². The van der Waals surface area contributed by atoms with Gasteiger partial charge in [-0.05, 0) is 31.8 Å². The van der Waals surface area contributed by atoms with Crippen LogP contribution in [0.5, 0.6) is 0 Å². The molecular weight excluding hydrogens is 192 g/mol. The standard InChI is InChI=1S/C10H16N4O/c15-10(13-9-3-5-12-14-9)6-8-2-1-4-11-7-8/h3,5,8,11H,1-2,4,6-7H2,(H2,12,13,14,15). The minimum Gasteiger partial charge on any atom is -0.316 e. The number of anilines is 1. The van der Waals surface area contributed by atoms with Crippen LogP contribution in [0.25, 0.3) is 0 Å². The van der Waals surface area contributed by atoms with E-state index in [9.17, 15) is 4.79 Å². The van der Waals surface area contributed by atoms with Crippen LogP contribution in [-0.2, 0) is 4.79 Å². The van der Waals surface area contributed by atoms with Gasteiger partial charge < -0.3 is 10.6 Å². The zero-order valence-electron chi connectivity index (χ0n) is 8.62. The molecule has 0 saturated carbocycles. The number of carbonyl (C=O) groups is 1. The highest BCUT2D eigenvalue weighted by Crippen LogP contribution is 2.14. The number of rotatable bonds is 3. The van der Waals surface area contributed by atoms with Crippen molar-refractivity contribution < 1.29 is 4.79 Å². The lowest BCUT2D eigenvalue weighted by Crippen LogP contribution is -2.32. The molecule has 1 saturated heterocycles. The molecule has 1 aromatic rings. The fraction of sp³-hybridized carbons (Fsp3) is 0.600. The summed E-state index contributed by atoms with van der Waals surface area (Å²) >= 11 is 0. The van der Waals surface area contributed by atoms with Gasteiger partial charge in [-0.2, -0.15) is 5.10 Å². The topological polar surface area (TPSA) is 69.8 Å². The Morgan fingerprint density at radius 3 is 3.27 bits per heavy atom. The first-order valence-corrected chi connectivity index (χ1v) is 5.34. The summed E-state index contributed by atoms with van der Waals surface area (Å²) in [4.78, 5) is 11.6. The third kappa shape index (κ3) is 3.06. The minimum absolute atomic E-state index is 0.0629. The number of hydrogen-bond donors (Lipinski definition) is 3. The minimum atomic E-state index is 0.0629. The number of hydrogen-bond acceptors (Lipinski definition) is 3. The number of carbonyl (C=O) groups excluding carboxylic acids is 1. The lowest BCUT2D eigenvalue weighted by Gasteiger charge is -2.21. The highest BCUT2D eigenvalue weighted by Gasteiger charge is 2.16. The number of aromatic nitrogens is 2. The highest BCUT2D eigenvalue weighted by molar-refractivity contribution is 5.89. The van der Waals surface area contributed by atoms with Gasteiger partial charge in [0.1, 0.15) is 5.82 Å². The maximum absolute atomic E-state index is 11.6. The number of piperidine rings is 1. The molecule has 0 radical (unpaired) electrons. The summed E-state index contributed by atoms with van der Waals surface area (Å²) in [5, 5.41) is 12.6. The second-order valence-corrected chi connectivity index (χ2v) is 3.93. The third-order valence-corrected chi connectivity index (χ3v) is 2.65. The molecule has 5 nitrogen and oxygen atoms in total. The summed E-state index contributed by atoms with van der Waals surface area (Å²) in [7, 11) is 0. The van der Waals surface area contributed by atoms with Crippen LogP contribution in [0.15, 0.2) is 12.3 Å². The molecule has 82 valence electrons. The number of H-pyrrole nitrogens is 1. The van der Waals surface area contributed by atoms with Crippen LogP contribution in [0.3, 0.4) is 0 Å². The first-order chi connectivity index (χ1) is 7.34. The lowest BCUT2D eigenvalue weighted by atomic mass is 9.96. The molecule has 1 aliphatic rings. The van der Waals surface area contributed by atoms with Crippen molar-refractivity contribution in [2.24, 2.45) is 5.92 Å². The van der Waals surface area contributed by atoms with Crippen molar-refractivity contribution in [1.82, 2.24) is 15.5 Å². The second kappa shape index (κ2) is 4.93. The molecule has 2 heterocycles. The van der Waals surface area contributed by atoms with E-state index in [1.165, 1.54) is 6.42 Å². The Labute approximate surface area is 88.6 Å². The molecule has 0 aliphatic carbocycles. The molecule has 15 heavy (non-hydrogen) atoms. The van der Waals surface area contributed by atoms with Gasteiger partial charge in [-0.1, -0.05) is 0 Å². The van der Waals surface area contributed by atoms with Gasteiger partial charge in [0.05, 0.1) is 6.20 Å². The fourth-order valence-electron chi connectivity index (χ4n) is 1.89. The van der Waals surface area contributed by atoms with Crippen LogP contribution in [-0.4, -0.2) is 29.2 Å². The van der Waals surface area contributed by atoms with Crippen molar-refractivity contribution in [2.75, 3.05) is 18.4 Å². The van der Waals surface area contributed by atoms with Gasteiger partial charge in [0.25, 0.3) is 0 Å². The van der Waals surface area contributed by atoms with E-state index in [2.05, 4.69) is 20.8 Å². The summed E-state index contributed by atoms with van der Waals surface area (Å²) in [6.45, 7) is 2.04. The van der Waals surface area contributed by atoms with E-state index >= 15 is 0 Å². The van der Waals surface area contributed by atoms with Gasteiger partial charge in [-0.25, -0.2) is 0 Å². The Morgan fingerprint density at radius 1 is 1.67 bits per heavy atom. The largest absolute Gasteiger partial charge is 0.316 e. The first-order valence-electron chi connectivity index (χ1n) is 5.34. The third-order valence-electron chi connectivity index (χ3n) is 2.65. The number of nitrogens with one attached hydrogen (secondary N) is 3. The number of amides is 1. The van der Waals surface area contributed by atoms with Crippen molar-refractivity contribution in [1.29, 1.82) is 0 Å². The van der Waals surface area contributed by atoms with Crippen molar-refractivity contribution in [2.45, 2.75) is 19.3 Å². The first kappa shape index (κ1) is 10.2. The van der Waals surface area contributed by atoms with Crippen molar-refractivity contribution >= 4 is 11.7 Å². The zero-order valence-corrected chi connectivity index (χ0v) is 8.62. The molecular formula is C10H16N4O. The van der Waals surface area contributed by atoms with E-state index < -0.39 is 0 Å². The molecule has 0 bridgehead atoms. The molecule has 3 N–H and O–H groups in total. The van der Waals surface area contributed by atoms with E-state index in [-0.39, 0.29) is 5.91 Å². The van der Waals surface area contributed by atoms with E-state index in [0.29, 0.717) is 18.2 Å². The summed E-state index contributed by atoms with van der Waals surface area (Å²) in [5.41, 5.74) is 0. The maximum atomic E-state index is 11.6. The van der Waals surface area contributed by atoms with Crippen molar-refractivity contribution in [3.05, 3.63) is 12.3 Å². The molecule has 1 fully saturated rings. The van der Waals surface area contributed by atoms with Gasteiger partial charge >= 0.3 is 0 Å². The van der Waals surface area contributed by atoms with Crippen LogP contribution >= 0.6 is 0 Å². The van der Waals surface area contributed by atoms with Gasteiger partial charge in [-0.3, -0.25) is 9.89 Å². The van der Waals surface area contributed by atoms with Crippen LogP contribution in [0, 0.1) is 5.92 Å². The number of nitrogens with zero attached hydrogens (tertiary/aromatic N) is 1. The SMILES string of the molecule is O=C(CC1CCCNC1)Nc1ccn[nH]1. The highest BCUT2D eigenvalue weighted by atomic mass is 16.1. The summed E-state index contributed by atoms with van der Waals surface area (Å²) < 4.78 is 0. The summed E-state index contributed by atoms with van der Waals surface area (Å²) in [6.07, 6.45) is 4.52. The molecule has 2 rings (SSSR count). The van der Waals surface area contributed by atoms with Gasteiger partial charge in [0, 0.05) is 12.5 Å². The van der Waals surface area contributed by atoms with Gasteiger partial charge in [0.2, 0.25) is 5.91 Å². The van der Waals surface area contributed by atoms with Crippen LogP contribution in [0.2, 0.25) is 0 Å². The predicted octanol–water partition coefficient (Wildman–Crippen LogP) is 0.738. The molecule has 1 aromatic heterocycles. The maximum Gasteiger partial charge on any atom is 0.225 e. The predicted molar refractivity (Wildman–Crippen MR) is 57.4 cm³/mol. The molecule has 1 unspecified atom stereocenters. The summed E-state index contributed by atoms with van der Waals surface area (Å²) in [6, 6.07) is 1.75. The molecule has 1 aliphatic heterocycles. The average Bonchev–Trinajstić information content (AvgIpc) is 2.71. The van der Waals surface area contributed by atoms with Crippen molar-refractivity contribution in [3.63, 3.8) is 0 Å². The Balaban J connectivity index is 1.76. The smallest absolute Gasteiger partial charge is 0.225 e. The normalized spacial score (nSPS) is 21.2. The Morgan fingerprint density at radius 2 is 2.60 bits per heavy atom. The van der Waals surface area contributed by atoms with Gasteiger partial charge in [0.15, 0.2) is 0 Å². The Hall–Kier alpha value is -1.36. The molecule has 1 amide bonds. The number of aromatic amines is 1. The molecule has 0 aromatic carbocycles. The second-order valence-electron chi connectivity index (χ2n) is 3.93. The lowest BCUT2D eigenvalue weighted by molar-refractivity contribution is -0.117. The van der Waals surface area contributed by atoms with E-state index in [1.54, 1.807) is 12.3 Å². The van der Waals surface area contributed by atoms with Crippen molar-refractivity contribution in [3.8, 4) is 0 Å². The fourth-order valence-corrected chi connectivity index (χ4v) is 1.89. The van der Waals surface area contributed by atoms with Gasteiger partial charge in [-0.15, -0.1) is 0 Å². The van der Waals surface area contributed by atoms with Crippen LogP contribution in [0.1, 0.15) is 19.3 Å². The quantitative estimate of drug-likeness (QED) is 0.686. The van der Waals surface area contributed by atoms with E-state index in [1.807, 2.05) is 0 Å². The molecule has 0 spiro atoms. The molecule has 5 heteroatoms. The Kier molecular flexibility index (Phi) is 3.34.